The summed E-state index contributed by atoms with van der Waals surface area (Å²) in [6.07, 6.45) is 3.51. The fraction of sp³-hybridized carbons (Fsp3) is 0.375. The van der Waals surface area contributed by atoms with Crippen molar-refractivity contribution in [1.82, 2.24) is 0 Å². The Bertz CT molecular complexity index is 168. The lowest BCUT2D eigenvalue weighted by Gasteiger charge is -1.96. The lowest BCUT2D eigenvalue weighted by atomic mass is 10.4. The highest BCUT2D eigenvalue weighted by atomic mass is 16.5. The number of aliphatic imine (C=N–C) groups is 1. The molecule has 0 atom stereocenters. The van der Waals surface area contributed by atoms with Gasteiger partial charge in [0, 0.05) is 18.0 Å². The monoisotopic (exact) mass is 139 g/mol. The van der Waals surface area contributed by atoms with Crippen LogP contribution in [0.1, 0.15) is 13.8 Å². The number of ether oxygens (including phenoxy) is 1. The number of nitrogens with zero attached hydrogens (tertiary/aromatic N) is 1. The zero-order valence-corrected chi connectivity index (χ0v) is 6.72. The van der Waals surface area contributed by atoms with Gasteiger partial charge in [0.25, 0.3) is 0 Å². The van der Waals surface area contributed by atoms with Gasteiger partial charge in [0.1, 0.15) is 5.76 Å². The quantitative estimate of drug-likeness (QED) is 0.333. The summed E-state index contributed by atoms with van der Waals surface area (Å²) in [6.45, 7) is 7.38. The third kappa shape index (κ3) is 3.89. The van der Waals surface area contributed by atoms with E-state index in [2.05, 4.69) is 11.6 Å². The largest absolute Gasteiger partial charge is 0.497 e. The van der Waals surface area contributed by atoms with Crippen molar-refractivity contribution in [3.63, 3.8) is 0 Å². The molecule has 0 aliphatic carbocycles. The molecule has 0 aromatic heterocycles. The molecule has 10 heavy (non-hydrogen) atoms. The van der Waals surface area contributed by atoms with Crippen molar-refractivity contribution < 1.29 is 4.74 Å². The van der Waals surface area contributed by atoms with Gasteiger partial charge in [0.05, 0.1) is 7.11 Å². The summed E-state index contributed by atoms with van der Waals surface area (Å²) in [5.41, 5.74) is 0.898. The molecule has 2 nitrogen and oxygen atoms in total. The highest BCUT2D eigenvalue weighted by molar-refractivity contribution is 5.55. The van der Waals surface area contributed by atoms with Gasteiger partial charge < -0.3 is 4.74 Å². The molecule has 0 radical (unpaired) electrons. The van der Waals surface area contributed by atoms with Crippen molar-refractivity contribution in [2.45, 2.75) is 13.8 Å². The summed E-state index contributed by atoms with van der Waals surface area (Å²) < 4.78 is 4.82. The Balaban J connectivity index is 4.02. The van der Waals surface area contributed by atoms with Crippen molar-refractivity contribution in [1.29, 1.82) is 0 Å². The maximum absolute atomic E-state index is 4.82. The molecule has 0 saturated carbocycles. The predicted molar refractivity (Wildman–Crippen MR) is 44.1 cm³/mol. The van der Waals surface area contributed by atoms with E-state index in [1.54, 1.807) is 19.4 Å². The molecule has 0 amide bonds. The van der Waals surface area contributed by atoms with Gasteiger partial charge in [-0.15, -0.1) is 0 Å². The standard InChI is InChI=1S/C8H13NO/c1-5-9-7(2)6-8(3)10-4/h5-6H,3H2,1-2,4H3/b7-6+,9-5?. The molecule has 56 valence electrons. The Labute approximate surface area is 61.9 Å². The number of rotatable bonds is 3. The van der Waals surface area contributed by atoms with Gasteiger partial charge in [-0.2, -0.15) is 0 Å². The van der Waals surface area contributed by atoms with Crippen LogP contribution in [0.3, 0.4) is 0 Å². The van der Waals surface area contributed by atoms with Gasteiger partial charge in [0.2, 0.25) is 0 Å². The lowest BCUT2D eigenvalue weighted by Crippen LogP contribution is -1.79. The topological polar surface area (TPSA) is 21.6 Å². The minimum Gasteiger partial charge on any atom is -0.497 e. The van der Waals surface area contributed by atoms with Gasteiger partial charge >= 0.3 is 0 Å². The van der Waals surface area contributed by atoms with Crippen molar-refractivity contribution in [2.75, 3.05) is 7.11 Å². The third-order valence-corrected chi connectivity index (χ3v) is 0.965. The van der Waals surface area contributed by atoms with Crippen LogP contribution in [0, 0.1) is 0 Å². The molecule has 0 N–H and O–H groups in total. The number of methoxy groups -OCH3 is 1. The Morgan fingerprint density at radius 3 is 2.60 bits per heavy atom. The summed E-state index contributed by atoms with van der Waals surface area (Å²) in [5, 5.41) is 0. The Hall–Kier alpha value is -1.05. The molecule has 0 aliphatic heterocycles. The molecule has 0 heterocycles. The molecular formula is C8H13NO. The smallest absolute Gasteiger partial charge is 0.113 e. The summed E-state index contributed by atoms with van der Waals surface area (Å²) in [4.78, 5) is 4.01. The SMILES string of the molecule is C=C(/C=C(\C)N=CC)OC. The molecule has 0 spiro atoms. The number of hydrogen-bond donors (Lipinski definition) is 0. The van der Waals surface area contributed by atoms with E-state index in [-0.39, 0.29) is 0 Å². The van der Waals surface area contributed by atoms with Crippen molar-refractivity contribution in [3.05, 3.63) is 24.1 Å². The van der Waals surface area contributed by atoms with Crippen LogP contribution in [0.2, 0.25) is 0 Å². The second kappa shape index (κ2) is 4.79. The van der Waals surface area contributed by atoms with E-state index in [1.165, 1.54) is 0 Å². The number of allylic oxidation sites excluding steroid dienone is 2. The van der Waals surface area contributed by atoms with Crippen LogP contribution in [0.5, 0.6) is 0 Å². The van der Waals surface area contributed by atoms with E-state index < -0.39 is 0 Å². The van der Waals surface area contributed by atoms with Gasteiger partial charge in [-0.05, 0) is 13.8 Å². The number of hydrogen-bond acceptors (Lipinski definition) is 2. The van der Waals surface area contributed by atoms with Gasteiger partial charge in [0.15, 0.2) is 0 Å². The van der Waals surface area contributed by atoms with Crippen LogP contribution in [0.25, 0.3) is 0 Å². The third-order valence-electron chi connectivity index (χ3n) is 0.965. The second-order valence-corrected chi connectivity index (χ2v) is 1.84. The first-order chi connectivity index (χ1) is 4.70. The molecule has 0 saturated heterocycles. The zero-order chi connectivity index (χ0) is 7.98. The maximum Gasteiger partial charge on any atom is 0.113 e. The van der Waals surface area contributed by atoms with Crippen LogP contribution in [-0.4, -0.2) is 13.3 Å². The van der Waals surface area contributed by atoms with Crippen LogP contribution >= 0.6 is 0 Å². The Morgan fingerprint density at radius 2 is 2.20 bits per heavy atom. The highest BCUT2D eigenvalue weighted by Gasteiger charge is 1.85. The van der Waals surface area contributed by atoms with Crippen molar-refractivity contribution in [3.8, 4) is 0 Å². The van der Waals surface area contributed by atoms with Crippen LogP contribution in [0.15, 0.2) is 29.1 Å². The summed E-state index contributed by atoms with van der Waals surface area (Å²) in [7, 11) is 1.59. The minimum absolute atomic E-state index is 0.628. The van der Waals surface area contributed by atoms with E-state index >= 15 is 0 Å². The summed E-state index contributed by atoms with van der Waals surface area (Å²) in [5.74, 6) is 0.628. The van der Waals surface area contributed by atoms with Crippen LogP contribution < -0.4 is 0 Å². The summed E-state index contributed by atoms with van der Waals surface area (Å²) in [6, 6.07) is 0. The summed E-state index contributed by atoms with van der Waals surface area (Å²) >= 11 is 0. The van der Waals surface area contributed by atoms with Crippen LogP contribution in [0.4, 0.5) is 0 Å². The van der Waals surface area contributed by atoms with Gasteiger partial charge in [-0.3, -0.25) is 4.99 Å². The first kappa shape index (κ1) is 8.95. The van der Waals surface area contributed by atoms with E-state index in [4.69, 9.17) is 4.74 Å². The second-order valence-electron chi connectivity index (χ2n) is 1.84. The molecule has 0 unspecified atom stereocenters. The molecule has 0 aromatic rings. The Kier molecular flexibility index (Phi) is 4.29. The Morgan fingerprint density at radius 1 is 1.60 bits per heavy atom. The highest BCUT2D eigenvalue weighted by Crippen LogP contribution is 2.00. The van der Waals surface area contributed by atoms with E-state index in [0.717, 1.165) is 5.70 Å². The molecule has 0 bridgehead atoms. The predicted octanol–water partition coefficient (Wildman–Crippen LogP) is 2.14. The minimum atomic E-state index is 0.628. The first-order valence-electron chi connectivity index (χ1n) is 3.10. The molecule has 0 aliphatic rings. The normalized spacial score (nSPS) is 12.1. The van der Waals surface area contributed by atoms with E-state index in [9.17, 15) is 0 Å². The van der Waals surface area contributed by atoms with Gasteiger partial charge in [-0.1, -0.05) is 6.58 Å². The van der Waals surface area contributed by atoms with E-state index in [0.29, 0.717) is 5.76 Å². The van der Waals surface area contributed by atoms with Gasteiger partial charge in [-0.25, -0.2) is 0 Å². The molecule has 0 fully saturated rings. The molecule has 0 rings (SSSR count). The fourth-order valence-corrected chi connectivity index (χ4v) is 0.533. The molecule has 2 heteroatoms. The molecular weight excluding hydrogens is 126 g/mol. The average Bonchev–Trinajstić information content (AvgIpc) is 1.88. The zero-order valence-electron chi connectivity index (χ0n) is 6.72. The maximum atomic E-state index is 4.82. The average molecular weight is 139 g/mol. The fourth-order valence-electron chi connectivity index (χ4n) is 0.533. The molecule has 0 aromatic carbocycles. The van der Waals surface area contributed by atoms with E-state index in [1.807, 2.05) is 13.8 Å². The van der Waals surface area contributed by atoms with Crippen molar-refractivity contribution in [2.24, 2.45) is 4.99 Å². The first-order valence-corrected chi connectivity index (χ1v) is 3.10. The van der Waals surface area contributed by atoms with Crippen LogP contribution in [-0.2, 0) is 4.74 Å². The van der Waals surface area contributed by atoms with Crippen molar-refractivity contribution >= 4 is 6.21 Å². The lowest BCUT2D eigenvalue weighted by molar-refractivity contribution is 0.308.